The molecule has 0 aromatic carbocycles. The van der Waals surface area contributed by atoms with Gasteiger partial charge in [0.1, 0.15) is 11.5 Å². The van der Waals surface area contributed by atoms with Gasteiger partial charge in [-0.15, -0.1) is 0 Å². The molecule has 0 amide bonds. The second-order valence-corrected chi connectivity index (χ2v) is 4.85. The van der Waals surface area contributed by atoms with Gasteiger partial charge in [-0.05, 0) is 43.9 Å². The highest BCUT2D eigenvalue weighted by Gasteiger charge is 2.29. The van der Waals surface area contributed by atoms with Crippen molar-refractivity contribution in [3.05, 3.63) is 53.4 Å². The van der Waals surface area contributed by atoms with Crippen LogP contribution < -0.4 is 0 Å². The monoisotopic (exact) mass is 253 g/mol. The zero-order chi connectivity index (χ0) is 13.2. The van der Waals surface area contributed by atoms with E-state index >= 15 is 0 Å². The topological polar surface area (TPSA) is 55.7 Å². The van der Waals surface area contributed by atoms with Gasteiger partial charge in [0, 0.05) is 12.4 Å². The molecule has 2 aromatic heterocycles. The lowest BCUT2D eigenvalue weighted by atomic mass is 9.83. The lowest BCUT2D eigenvalue weighted by Crippen LogP contribution is -2.21. The van der Waals surface area contributed by atoms with Crippen molar-refractivity contribution in [2.75, 3.05) is 0 Å². The minimum absolute atomic E-state index is 0.0603. The van der Waals surface area contributed by atoms with E-state index in [4.69, 9.17) is 0 Å². The van der Waals surface area contributed by atoms with Crippen LogP contribution in [-0.2, 0) is 6.42 Å². The van der Waals surface area contributed by atoms with Gasteiger partial charge in [-0.25, -0.2) is 9.97 Å². The number of nitrogens with zero attached hydrogens (tertiary/aromatic N) is 3. The quantitative estimate of drug-likeness (QED) is 0.771. The normalized spacial score (nSPS) is 17.8. The zero-order valence-corrected chi connectivity index (χ0v) is 10.8. The van der Waals surface area contributed by atoms with E-state index in [2.05, 4.69) is 21.0 Å². The van der Waals surface area contributed by atoms with Gasteiger partial charge in [0.15, 0.2) is 5.78 Å². The predicted octanol–water partition coefficient (Wildman–Crippen LogP) is 2.48. The fraction of sp³-hybridized carbons (Fsp3) is 0.333. The Balaban J connectivity index is 1.98. The Hall–Kier alpha value is -2.10. The van der Waals surface area contributed by atoms with Crippen LogP contribution in [0.25, 0.3) is 0 Å². The molecule has 0 spiro atoms. The number of hydrogen-bond acceptors (Lipinski definition) is 4. The van der Waals surface area contributed by atoms with Crippen molar-refractivity contribution < 1.29 is 4.79 Å². The van der Waals surface area contributed by atoms with Crippen molar-refractivity contribution in [3.8, 4) is 0 Å². The highest BCUT2D eigenvalue weighted by molar-refractivity contribution is 5.99. The maximum Gasteiger partial charge on any atom is 0.190 e. The molecule has 0 saturated heterocycles. The Labute approximate surface area is 111 Å². The van der Waals surface area contributed by atoms with Crippen LogP contribution in [0.1, 0.15) is 46.3 Å². The maximum atomic E-state index is 12.6. The van der Waals surface area contributed by atoms with Crippen LogP contribution in [0, 0.1) is 6.92 Å². The number of aromatic nitrogens is 3. The third kappa shape index (κ3) is 2.26. The number of aryl methyl sites for hydroxylation is 2. The fourth-order valence-corrected chi connectivity index (χ4v) is 2.64. The summed E-state index contributed by atoms with van der Waals surface area (Å²) in [4.78, 5) is 25.3. The molecule has 0 radical (unpaired) electrons. The van der Waals surface area contributed by atoms with Gasteiger partial charge in [-0.3, -0.25) is 9.78 Å². The van der Waals surface area contributed by atoms with Crippen molar-refractivity contribution in [2.24, 2.45) is 0 Å². The van der Waals surface area contributed by atoms with E-state index in [1.54, 1.807) is 25.4 Å². The van der Waals surface area contributed by atoms with Gasteiger partial charge in [-0.1, -0.05) is 6.07 Å². The first kappa shape index (κ1) is 12.0. The highest BCUT2D eigenvalue weighted by Crippen LogP contribution is 2.31. The molecule has 0 saturated carbocycles. The Morgan fingerprint density at radius 3 is 3.00 bits per heavy atom. The van der Waals surface area contributed by atoms with Crippen LogP contribution in [0.5, 0.6) is 0 Å². The Morgan fingerprint density at radius 1 is 1.26 bits per heavy atom. The standard InChI is InChI=1S/C15H15N3O/c1-10-16-9-7-13(18-10)15(19)12-6-2-4-11-5-3-8-17-14(11)12/h3,5,7-9,12H,2,4,6H2,1H3. The molecule has 0 bridgehead atoms. The molecule has 2 heterocycles. The van der Waals surface area contributed by atoms with Crippen molar-refractivity contribution in [1.29, 1.82) is 0 Å². The molecular formula is C15H15N3O. The van der Waals surface area contributed by atoms with E-state index in [0.717, 1.165) is 25.0 Å². The average Bonchev–Trinajstić information content (AvgIpc) is 2.46. The molecule has 3 rings (SSSR count). The van der Waals surface area contributed by atoms with E-state index in [1.807, 2.05) is 6.07 Å². The fourth-order valence-electron chi connectivity index (χ4n) is 2.64. The molecule has 1 aliphatic rings. The van der Waals surface area contributed by atoms with Crippen LogP contribution in [0.15, 0.2) is 30.6 Å². The van der Waals surface area contributed by atoms with Crippen molar-refractivity contribution >= 4 is 5.78 Å². The van der Waals surface area contributed by atoms with E-state index in [0.29, 0.717) is 11.5 Å². The SMILES string of the molecule is Cc1nccc(C(=O)C2CCCc3cccnc32)n1. The Morgan fingerprint density at radius 2 is 2.16 bits per heavy atom. The van der Waals surface area contributed by atoms with Crippen molar-refractivity contribution in [2.45, 2.75) is 32.1 Å². The van der Waals surface area contributed by atoms with Gasteiger partial charge in [0.2, 0.25) is 0 Å². The largest absolute Gasteiger partial charge is 0.292 e. The molecule has 4 heteroatoms. The number of carbonyl (C=O) groups excluding carboxylic acids is 1. The molecule has 1 aliphatic carbocycles. The molecule has 2 aromatic rings. The molecule has 1 atom stereocenters. The number of Topliss-reactive ketones (excluding diaryl/α,β-unsaturated/α-hetero) is 1. The van der Waals surface area contributed by atoms with E-state index in [9.17, 15) is 4.79 Å². The van der Waals surface area contributed by atoms with E-state index < -0.39 is 0 Å². The van der Waals surface area contributed by atoms with Crippen LogP contribution >= 0.6 is 0 Å². The summed E-state index contributed by atoms with van der Waals surface area (Å²) in [5.41, 5.74) is 2.61. The molecule has 0 N–H and O–H groups in total. The second-order valence-electron chi connectivity index (χ2n) is 4.85. The summed E-state index contributed by atoms with van der Waals surface area (Å²) in [5, 5.41) is 0. The summed E-state index contributed by atoms with van der Waals surface area (Å²) in [6.07, 6.45) is 6.29. The van der Waals surface area contributed by atoms with Crippen LogP contribution in [0.3, 0.4) is 0 Å². The van der Waals surface area contributed by atoms with Crippen LogP contribution in [0.4, 0.5) is 0 Å². The summed E-state index contributed by atoms with van der Waals surface area (Å²) < 4.78 is 0. The number of ketones is 1. The molecule has 1 unspecified atom stereocenters. The third-order valence-corrected chi connectivity index (χ3v) is 3.54. The molecular weight excluding hydrogens is 238 g/mol. The van der Waals surface area contributed by atoms with Gasteiger partial charge in [-0.2, -0.15) is 0 Å². The molecule has 0 fully saturated rings. The third-order valence-electron chi connectivity index (χ3n) is 3.54. The number of pyridine rings is 1. The van der Waals surface area contributed by atoms with Crippen molar-refractivity contribution in [3.63, 3.8) is 0 Å². The Bertz CT molecular complexity index is 624. The van der Waals surface area contributed by atoms with Crippen LogP contribution in [0.2, 0.25) is 0 Å². The first-order chi connectivity index (χ1) is 9.25. The highest BCUT2D eigenvalue weighted by atomic mass is 16.1. The summed E-state index contributed by atoms with van der Waals surface area (Å²) >= 11 is 0. The molecule has 96 valence electrons. The van der Waals surface area contributed by atoms with Crippen LogP contribution in [-0.4, -0.2) is 20.7 Å². The minimum Gasteiger partial charge on any atom is -0.292 e. The molecule has 4 nitrogen and oxygen atoms in total. The van der Waals surface area contributed by atoms with Gasteiger partial charge < -0.3 is 0 Å². The summed E-state index contributed by atoms with van der Waals surface area (Å²) in [5.74, 6) is 0.535. The minimum atomic E-state index is -0.153. The summed E-state index contributed by atoms with van der Waals surface area (Å²) in [6.45, 7) is 1.80. The Kier molecular flexibility index (Phi) is 3.07. The van der Waals surface area contributed by atoms with E-state index in [-0.39, 0.29) is 11.7 Å². The zero-order valence-electron chi connectivity index (χ0n) is 10.8. The number of fused-ring (bicyclic) bond motifs is 1. The number of rotatable bonds is 2. The molecule has 19 heavy (non-hydrogen) atoms. The van der Waals surface area contributed by atoms with Gasteiger partial charge in [0.05, 0.1) is 11.6 Å². The molecule has 0 aliphatic heterocycles. The maximum absolute atomic E-state index is 12.6. The van der Waals surface area contributed by atoms with E-state index in [1.165, 1.54) is 5.56 Å². The van der Waals surface area contributed by atoms with Gasteiger partial charge >= 0.3 is 0 Å². The lowest BCUT2D eigenvalue weighted by Gasteiger charge is -2.22. The first-order valence-electron chi connectivity index (χ1n) is 6.53. The van der Waals surface area contributed by atoms with Crippen molar-refractivity contribution in [1.82, 2.24) is 15.0 Å². The number of carbonyl (C=O) groups is 1. The predicted molar refractivity (Wildman–Crippen MR) is 71.0 cm³/mol. The number of hydrogen-bond donors (Lipinski definition) is 0. The second kappa shape index (κ2) is 4.88. The smallest absolute Gasteiger partial charge is 0.190 e. The average molecular weight is 253 g/mol. The van der Waals surface area contributed by atoms with Gasteiger partial charge in [0.25, 0.3) is 0 Å². The summed E-state index contributed by atoms with van der Waals surface area (Å²) in [6, 6.07) is 5.68. The first-order valence-corrected chi connectivity index (χ1v) is 6.53. The summed E-state index contributed by atoms with van der Waals surface area (Å²) in [7, 11) is 0. The lowest BCUT2D eigenvalue weighted by molar-refractivity contribution is 0.0943.